The number of nitrogens with zero attached hydrogens (tertiary/aromatic N) is 3. The minimum atomic E-state index is -2.12. The van der Waals surface area contributed by atoms with Gasteiger partial charge in [0.15, 0.2) is 14.0 Å². The highest BCUT2D eigenvalue weighted by atomic mass is 127. The van der Waals surface area contributed by atoms with Gasteiger partial charge in [-0.3, -0.25) is 4.57 Å². The van der Waals surface area contributed by atoms with E-state index in [0.717, 1.165) is 10.1 Å². The molecule has 0 aliphatic carbocycles. The van der Waals surface area contributed by atoms with Gasteiger partial charge < -0.3 is 13.6 Å². The van der Waals surface area contributed by atoms with Gasteiger partial charge in [0, 0.05) is 6.42 Å². The monoisotopic (exact) mass is 647 g/mol. The molecule has 0 amide bonds. The second-order valence-electron chi connectivity index (χ2n) is 12.4. The Balaban J connectivity index is 2.46. The maximum atomic E-state index is 9.44. The molecule has 3 atom stereocenters. The van der Waals surface area contributed by atoms with Gasteiger partial charge in [0.2, 0.25) is 8.32 Å². The van der Waals surface area contributed by atoms with Crippen LogP contribution < -0.4 is 0 Å². The zero-order valence-electron chi connectivity index (χ0n) is 24.6. The molecule has 1 fully saturated rings. The lowest BCUT2D eigenvalue weighted by molar-refractivity contribution is -0.0415. The molecule has 206 valence electrons. The maximum Gasteiger partial charge on any atom is 0.200 e. The molecule has 0 unspecified atom stereocenters. The van der Waals surface area contributed by atoms with Gasteiger partial charge in [-0.15, -0.1) is 0 Å². The Morgan fingerprint density at radius 2 is 1.42 bits per heavy atom. The molecule has 0 radical (unpaired) electrons. The van der Waals surface area contributed by atoms with Crippen molar-refractivity contribution >= 4 is 39.2 Å². The Morgan fingerprint density at radius 3 is 1.81 bits per heavy atom. The van der Waals surface area contributed by atoms with Gasteiger partial charge in [-0.25, -0.2) is 4.98 Å². The zero-order chi connectivity index (χ0) is 27.6. The molecule has 0 saturated carbocycles. The van der Waals surface area contributed by atoms with Crippen molar-refractivity contribution in [2.75, 3.05) is 6.61 Å². The van der Waals surface area contributed by atoms with Gasteiger partial charge in [-0.1, -0.05) is 83.1 Å². The summed E-state index contributed by atoms with van der Waals surface area (Å²) in [5.41, 5.74) is 3.45. The lowest BCUT2D eigenvalue weighted by Gasteiger charge is -2.45. The Bertz CT molecular complexity index is 852. The van der Waals surface area contributed by atoms with Crippen LogP contribution in [0.1, 0.15) is 101 Å². The van der Waals surface area contributed by atoms with Crippen molar-refractivity contribution in [3.63, 3.8) is 0 Å². The fraction of sp³-hybridized carbons (Fsp3) is 0.852. The van der Waals surface area contributed by atoms with E-state index in [1.54, 1.807) is 6.33 Å². The summed E-state index contributed by atoms with van der Waals surface area (Å²) < 4.78 is 23.9. The van der Waals surface area contributed by atoms with Crippen molar-refractivity contribution in [3.8, 4) is 6.07 Å². The second kappa shape index (κ2) is 12.7. The van der Waals surface area contributed by atoms with Crippen LogP contribution in [0.5, 0.6) is 0 Å². The van der Waals surface area contributed by atoms with Crippen molar-refractivity contribution < 1.29 is 13.6 Å². The van der Waals surface area contributed by atoms with E-state index in [4.69, 9.17) is 13.6 Å². The Morgan fingerprint density at radius 1 is 0.944 bits per heavy atom. The third-order valence-electron chi connectivity index (χ3n) is 8.60. The summed E-state index contributed by atoms with van der Waals surface area (Å²) in [5.74, 6) is 0. The molecule has 1 saturated heterocycles. The van der Waals surface area contributed by atoms with Crippen LogP contribution >= 0.6 is 22.6 Å². The van der Waals surface area contributed by atoms with Gasteiger partial charge in [0.1, 0.15) is 22.1 Å². The van der Waals surface area contributed by atoms with E-state index in [-0.39, 0.29) is 18.4 Å². The number of rotatable bonds is 12. The molecule has 6 nitrogen and oxygen atoms in total. The van der Waals surface area contributed by atoms with E-state index in [2.05, 4.69) is 117 Å². The first-order valence-corrected chi connectivity index (χ1v) is 19.1. The summed E-state index contributed by atoms with van der Waals surface area (Å²) >= 11 is 2.20. The third-order valence-corrected chi connectivity index (χ3v) is 21.9. The number of imidazole rings is 1. The number of hydrogen-bond donors (Lipinski definition) is 0. The first-order chi connectivity index (χ1) is 16.7. The standard InChI is InChI=1S/C27H50IN3O3Si2/c1-17(2)35(18(3)4,19(5)6)32-15-25-24(34-36(20(7)8,21(9)10)22(11)12)13-26(33-25)31-16-30-23(14-29)27(31)28/h16-22,24-26H,13,15H2,1-12H3/t24-,25-,26-/m1/s1. The van der Waals surface area contributed by atoms with Crippen LogP contribution in [0.3, 0.4) is 0 Å². The Labute approximate surface area is 236 Å². The van der Waals surface area contributed by atoms with Gasteiger partial charge >= 0.3 is 0 Å². The lowest BCUT2D eigenvalue weighted by Crippen LogP contribution is -2.53. The average Bonchev–Trinajstić information content (AvgIpc) is 3.33. The number of hydrogen-bond acceptors (Lipinski definition) is 5. The van der Waals surface area contributed by atoms with Crippen LogP contribution in [-0.4, -0.2) is 45.0 Å². The summed E-state index contributed by atoms with van der Waals surface area (Å²) in [7, 11) is -4.17. The summed E-state index contributed by atoms with van der Waals surface area (Å²) in [4.78, 5) is 4.30. The van der Waals surface area contributed by atoms with Gasteiger partial charge in [-0.05, 0) is 55.8 Å². The third kappa shape index (κ3) is 5.99. The summed E-state index contributed by atoms with van der Waals surface area (Å²) in [5, 5.41) is 9.44. The van der Waals surface area contributed by atoms with Crippen LogP contribution in [-0.2, 0) is 13.6 Å². The quantitative estimate of drug-likeness (QED) is 0.168. The molecular weight excluding hydrogens is 597 g/mol. The molecule has 1 aliphatic rings. The van der Waals surface area contributed by atoms with E-state index < -0.39 is 16.6 Å². The van der Waals surface area contributed by atoms with Crippen molar-refractivity contribution in [3.05, 3.63) is 15.7 Å². The van der Waals surface area contributed by atoms with E-state index in [1.165, 1.54) is 0 Å². The summed E-state index contributed by atoms with van der Waals surface area (Å²) in [6.45, 7) is 28.5. The highest BCUT2D eigenvalue weighted by molar-refractivity contribution is 14.1. The van der Waals surface area contributed by atoms with Gasteiger partial charge in [0.25, 0.3) is 0 Å². The Kier molecular flexibility index (Phi) is 11.3. The predicted octanol–water partition coefficient (Wildman–Crippen LogP) is 8.40. The summed E-state index contributed by atoms with van der Waals surface area (Å²) in [6, 6.07) is 2.19. The molecule has 2 heterocycles. The van der Waals surface area contributed by atoms with E-state index in [9.17, 15) is 5.26 Å². The fourth-order valence-corrected chi connectivity index (χ4v) is 18.9. The zero-order valence-corrected chi connectivity index (χ0v) is 28.8. The largest absolute Gasteiger partial charge is 0.413 e. The smallest absolute Gasteiger partial charge is 0.200 e. The Hall–Kier alpha value is -0.256. The topological polar surface area (TPSA) is 69.3 Å². The molecule has 1 aliphatic heterocycles. The predicted molar refractivity (Wildman–Crippen MR) is 161 cm³/mol. The molecule has 0 N–H and O–H groups in total. The minimum absolute atomic E-state index is 0.0456. The van der Waals surface area contributed by atoms with Gasteiger partial charge in [0.05, 0.1) is 19.0 Å². The van der Waals surface area contributed by atoms with Crippen LogP contribution in [0.15, 0.2) is 6.33 Å². The average molecular weight is 648 g/mol. The lowest BCUT2D eigenvalue weighted by atomic mass is 10.2. The van der Waals surface area contributed by atoms with Crippen molar-refractivity contribution in [1.82, 2.24) is 9.55 Å². The number of ether oxygens (including phenoxy) is 1. The summed E-state index contributed by atoms with van der Waals surface area (Å²) in [6.07, 6.45) is 2.07. The molecule has 36 heavy (non-hydrogen) atoms. The minimum Gasteiger partial charge on any atom is -0.413 e. The van der Waals surface area contributed by atoms with Crippen LogP contribution in [0.25, 0.3) is 0 Å². The second-order valence-corrected chi connectivity index (χ2v) is 24.3. The van der Waals surface area contributed by atoms with Crippen LogP contribution in [0.2, 0.25) is 33.2 Å². The van der Waals surface area contributed by atoms with Crippen molar-refractivity contribution in [1.29, 1.82) is 5.26 Å². The first kappa shape index (κ1) is 32.0. The number of aromatic nitrogens is 2. The highest BCUT2D eigenvalue weighted by Crippen LogP contribution is 2.47. The van der Waals surface area contributed by atoms with E-state index >= 15 is 0 Å². The van der Waals surface area contributed by atoms with Crippen LogP contribution in [0.4, 0.5) is 0 Å². The number of halogens is 1. The first-order valence-electron chi connectivity index (χ1n) is 13.8. The SMILES string of the molecule is CC(C)[Si](OC[C@H]1O[C@@H](n2cnc(C#N)c2I)C[C@H]1O[Si](C(C)C)(C(C)C)C(C)C)(C(C)C)C(C)C. The van der Waals surface area contributed by atoms with Crippen molar-refractivity contribution in [2.45, 2.75) is 141 Å². The molecule has 9 heteroatoms. The molecular formula is C27H50IN3O3Si2. The fourth-order valence-electron chi connectivity index (χ4n) is 7.16. The molecule has 0 spiro atoms. The normalized spacial score (nSPS) is 21.7. The molecule has 2 rings (SSSR count). The molecule has 0 aromatic carbocycles. The van der Waals surface area contributed by atoms with Crippen molar-refractivity contribution in [2.24, 2.45) is 0 Å². The molecule has 1 aromatic rings. The molecule has 1 aromatic heterocycles. The van der Waals surface area contributed by atoms with Crippen LogP contribution in [0, 0.1) is 15.0 Å². The highest BCUT2D eigenvalue weighted by Gasteiger charge is 2.51. The maximum absolute atomic E-state index is 9.44. The van der Waals surface area contributed by atoms with Gasteiger partial charge in [-0.2, -0.15) is 5.26 Å². The van der Waals surface area contributed by atoms with E-state index in [0.29, 0.717) is 45.5 Å². The number of nitriles is 1. The molecule has 0 bridgehead atoms. The van der Waals surface area contributed by atoms with E-state index in [1.807, 2.05) is 4.57 Å².